The van der Waals surface area contributed by atoms with Crippen LogP contribution in [0.5, 0.6) is 0 Å². The SMILES string of the molecule is c1ccc2c(c1)sc1cccc(-n3c4ccccc4c4c3nc3c5ccccc5c5ccccc5n34)c12. The molecule has 0 saturated heterocycles. The van der Waals surface area contributed by atoms with Crippen molar-refractivity contribution in [2.24, 2.45) is 0 Å². The van der Waals surface area contributed by atoms with Crippen LogP contribution in [0.4, 0.5) is 0 Å². The molecule has 9 aromatic rings. The van der Waals surface area contributed by atoms with E-state index in [2.05, 4.69) is 124 Å². The average molecular weight is 490 g/mol. The van der Waals surface area contributed by atoms with E-state index >= 15 is 0 Å². The van der Waals surface area contributed by atoms with Crippen molar-refractivity contribution in [2.75, 3.05) is 0 Å². The van der Waals surface area contributed by atoms with E-state index in [0.717, 1.165) is 16.8 Å². The van der Waals surface area contributed by atoms with Crippen LogP contribution in [0.3, 0.4) is 0 Å². The number of para-hydroxylation sites is 2. The summed E-state index contributed by atoms with van der Waals surface area (Å²) in [5.74, 6) is 0. The van der Waals surface area contributed by atoms with Gasteiger partial charge in [-0.2, -0.15) is 0 Å². The van der Waals surface area contributed by atoms with Gasteiger partial charge in [-0.1, -0.05) is 84.9 Å². The Kier molecular flexibility index (Phi) is 3.67. The molecule has 0 aliphatic carbocycles. The van der Waals surface area contributed by atoms with E-state index in [1.807, 2.05) is 11.3 Å². The Morgan fingerprint density at radius 2 is 1.14 bits per heavy atom. The summed E-state index contributed by atoms with van der Waals surface area (Å²) in [6, 6.07) is 41.4. The van der Waals surface area contributed by atoms with Crippen LogP contribution in [0.25, 0.3) is 75.2 Å². The fourth-order valence-electron chi connectivity index (χ4n) is 6.20. The lowest BCUT2D eigenvalue weighted by Crippen LogP contribution is -1.95. The Morgan fingerprint density at radius 3 is 2.00 bits per heavy atom. The molecule has 0 spiro atoms. The number of rotatable bonds is 1. The van der Waals surface area contributed by atoms with Crippen LogP contribution >= 0.6 is 11.3 Å². The summed E-state index contributed by atoms with van der Waals surface area (Å²) in [5.41, 5.74) is 6.68. The molecule has 4 heteroatoms. The Hall–Kier alpha value is -4.67. The third-order valence-electron chi connectivity index (χ3n) is 7.70. The second-order valence-corrected chi connectivity index (χ2v) is 10.7. The number of hydrogen-bond acceptors (Lipinski definition) is 2. The van der Waals surface area contributed by atoms with Crippen molar-refractivity contribution in [3.05, 3.63) is 115 Å². The molecule has 37 heavy (non-hydrogen) atoms. The molecule has 4 aromatic heterocycles. The van der Waals surface area contributed by atoms with Gasteiger partial charge < -0.3 is 0 Å². The maximum Gasteiger partial charge on any atom is 0.165 e. The number of thiophene rings is 1. The zero-order valence-corrected chi connectivity index (χ0v) is 20.5. The zero-order chi connectivity index (χ0) is 24.1. The first kappa shape index (κ1) is 19.5. The Bertz CT molecular complexity index is 2370. The van der Waals surface area contributed by atoms with Crippen molar-refractivity contribution < 1.29 is 0 Å². The van der Waals surface area contributed by atoms with Gasteiger partial charge in [-0.25, -0.2) is 4.98 Å². The standard InChI is InChI=1S/C33H19N3S/c1-2-12-22-20(10-1)21-11-3-6-15-25(21)36-31-23-13-4-7-16-26(23)35(33(31)34-32(22)36)27-17-9-19-29-30(27)24-14-5-8-18-28(24)37-29/h1-19H. The van der Waals surface area contributed by atoms with Gasteiger partial charge in [0.1, 0.15) is 11.2 Å². The van der Waals surface area contributed by atoms with Crippen LogP contribution in [0.15, 0.2) is 115 Å². The second kappa shape index (κ2) is 6.96. The van der Waals surface area contributed by atoms with Gasteiger partial charge in [-0.15, -0.1) is 11.3 Å². The Labute approximate surface area is 215 Å². The van der Waals surface area contributed by atoms with Crippen molar-refractivity contribution in [3.8, 4) is 5.69 Å². The molecule has 172 valence electrons. The van der Waals surface area contributed by atoms with E-state index in [1.54, 1.807) is 0 Å². The number of fused-ring (bicyclic) bond motifs is 13. The minimum Gasteiger partial charge on any atom is -0.292 e. The molecule has 0 radical (unpaired) electrons. The van der Waals surface area contributed by atoms with Gasteiger partial charge in [0.15, 0.2) is 5.65 Å². The molecule has 4 heterocycles. The highest BCUT2D eigenvalue weighted by Crippen LogP contribution is 2.42. The normalized spacial score (nSPS) is 12.3. The summed E-state index contributed by atoms with van der Waals surface area (Å²) in [6.45, 7) is 0. The highest BCUT2D eigenvalue weighted by atomic mass is 32.1. The number of pyridine rings is 1. The maximum atomic E-state index is 5.41. The van der Waals surface area contributed by atoms with Crippen LogP contribution in [0.2, 0.25) is 0 Å². The molecule has 0 amide bonds. The molecule has 0 bridgehead atoms. The smallest absolute Gasteiger partial charge is 0.165 e. The highest BCUT2D eigenvalue weighted by Gasteiger charge is 2.22. The molecule has 0 atom stereocenters. The first-order valence-electron chi connectivity index (χ1n) is 12.5. The molecule has 0 aliphatic heterocycles. The van der Waals surface area contributed by atoms with Crippen molar-refractivity contribution in [2.45, 2.75) is 0 Å². The predicted octanol–water partition coefficient (Wildman–Crippen LogP) is 9.11. The quantitative estimate of drug-likeness (QED) is 0.211. The average Bonchev–Trinajstić information content (AvgIpc) is 3.62. The highest BCUT2D eigenvalue weighted by molar-refractivity contribution is 7.25. The van der Waals surface area contributed by atoms with Crippen molar-refractivity contribution in [1.29, 1.82) is 0 Å². The summed E-state index contributed by atoms with van der Waals surface area (Å²) in [5, 5.41) is 7.45. The molecule has 3 nitrogen and oxygen atoms in total. The molecule has 0 N–H and O–H groups in total. The number of aromatic nitrogens is 3. The van der Waals surface area contributed by atoms with Crippen LogP contribution < -0.4 is 0 Å². The molecule has 0 fully saturated rings. The first-order valence-corrected chi connectivity index (χ1v) is 13.3. The van der Waals surface area contributed by atoms with Crippen molar-refractivity contribution in [3.63, 3.8) is 0 Å². The molecule has 0 saturated carbocycles. The Balaban J connectivity index is 1.57. The summed E-state index contributed by atoms with van der Waals surface area (Å²) in [7, 11) is 0. The van der Waals surface area contributed by atoms with Crippen molar-refractivity contribution in [1.82, 2.24) is 14.0 Å². The maximum absolute atomic E-state index is 5.41. The fourth-order valence-corrected chi connectivity index (χ4v) is 7.33. The largest absolute Gasteiger partial charge is 0.292 e. The molecule has 9 rings (SSSR count). The fraction of sp³-hybridized carbons (Fsp3) is 0. The lowest BCUT2D eigenvalue weighted by Gasteiger charge is -2.09. The van der Waals surface area contributed by atoms with E-state index in [9.17, 15) is 0 Å². The molecular formula is C33H19N3S. The lowest BCUT2D eigenvalue weighted by atomic mass is 10.1. The van der Waals surface area contributed by atoms with E-state index < -0.39 is 0 Å². The van der Waals surface area contributed by atoms with Gasteiger partial charge in [0, 0.05) is 36.3 Å². The zero-order valence-electron chi connectivity index (χ0n) is 19.7. The lowest BCUT2D eigenvalue weighted by molar-refractivity contribution is 1.17. The van der Waals surface area contributed by atoms with Crippen molar-refractivity contribution >= 4 is 80.9 Å². The minimum atomic E-state index is 0.991. The number of nitrogens with zero attached hydrogens (tertiary/aromatic N) is 3. The third kappa shape index (κ3) is 2.43. The number of hydrogen-bond donors (Lipinski definition) is 0. The second-order valence-electron chi connectivity index (χ2n) is 9.61. The summed E-state index contributed by atoms with van der Waals surface area (Å²) in [4.78, 5) is 5.41. The Morgan fingerprint density at radius 1 is 0.486 bits per heavy atom. The van der Waals surface area contributed by atoms with Gasteiger partial charge >= 0.3 is 0 Å². The van der Waals surface area contributed by atoms with E-state index in [1.165, 1.54) is 58.4 Å². The summed E-state index contributed by atoms with van der Waals surface area (Å²) >= 11 is 1.85. The van der Waals surface area contributed by atoms with E-state index in [4.69, 9.17) is 4.98 Å². The molecule has 5 aromatic carbocycles. The van der Waals surface area contributed by atoms with Gasteiger partial charge in [0.05, 0.1) is 16.7 Å². The van der Waals surface area contributed by atoms with Crippen LogP contribution in [-0.4, -0.2) is 14.0 Å². The van der Waals surface area contributed by atoms with Gasteiger partial charge in [-0.3, -0.25) is 8.97 Å². The first-order chi connectivity index (χ1) is 18.4. The molecular weight excluding hydrogens is 470 g/mol. The minimum absolute atomic E-state index is 0.991. The van der Waals surface area contributed by atoms with Gasteiger partial charge in [0.25, 0.3) is 0 Å². The van der Waals surface area contributed by atoms with Crippen LogP contribution in [0, 0.1) is 0 Å². The molecule has 0 aliphatic rings. The number of benzene rings is 5. The number of imidazole rings is 1. The summed E-state index contributed by atoms with van der Waals surface area (Å²) in [6.07, 6.45) is 0. The third-order valence-corrected chi connectivity index (χ3v) is 8.83. The van der Waals surface area contributed by atoms with E-state index in [0.29, 0.717) is 0 Å². The van der Waals surface area contributed by atoms with Crippen LogP contribution in [0.1, 0.15) is 0 Å². The topological polar surface area (TPSA) is 22.2 Å². The van der Waals surface area contributed by atoms with Gasteiger partial charge in [0.2, 0.25) is 0 Å². The van der Waals surface area contributed by atoms with E-state index in [-0.39, 0.29) is 0 Å². The predicted molar refractivity (Wildman–Crippen MR) is 157 cm³/mol. The van der Waals surface area contributed by atoms with Gasteiger partial charge in [-0.05, 0) is 35.7 Å². The summed E-state index contributed by atoms with van der Waals surface area (Å²) < 4.78 is 7.36. The monoisotopic (exact) mass is 489 g/mol. The van der Waals surface area contributed by atoms with Crippen LogP contribution in [-0.2, 0) is 0 Å². The molecule has 0 unspecified atom stereocenters.